The molecule has 98 valence electrons. The van der Waals surface area contributed by atoms with Crippen LogP contribution in [0.15, 0.2) is 24.3 Å². The minimum atomic E-state index is -0.696. The number of hydrogen-bond acceptors (Lipinski definition) is 3. The zero-order chi connectivity index (χ0) is 12.6. The number of rotatable bonds is 3. The van der Waals surface area contributed by atoms with Gasteiger partial charge in [-0.1, -0.05) is 24.3 Å². The van der Waals surface area contributed by atoms with Crippen molar-refractivity contribution in [1.29, 1.82) is 0 Å². The van der Waals surface area contributed by atoms with Crippen molar-refractivity contribution in [2.75, 3.05) is 13.2 Å². The van der Waals surface area contributed by atoms with Crippen LogP contribution in [0, 0.1) is 0 Å². The Morgan fingerprint density at radius 3 is 3.06 bits per heavy atom. The Balaban J connectivity index is 1.69. The summed E-state index contributed by atoms with van der Waals surface area (Å²) in [5.41, 5.74) is 1.69. The minimum absolute atomic E-state index is 0.255. The molecule has 3 rings (SSSR count). The summed E-state index contributed by atoms with van der Waals surface area (Å²) in [7, 11) is 0. The molecule has 0 saturated carbocycles. The number of benzene rings is 1. The van der Waals surface area contributed by atoms with Crippen LogP contribution < -0.4 is 5.32 Å². The third-order valence-electron chi connectivity index (χ3n) is 4.36. The normalized spacial score (nSPS) is 34.8. The molecule has 3 atom stereocenters. The van der Waals surface area contributed by atoms with E-state index in [1.807, 2.05) is 12.1 Å². The van der Waals surface area contributed by atoms with E-state index in [-0.39, 0.29) is 6.10 Å². The summed E-state index contributed by atoms with van der Waals surface area (Å²) in [5.74, 6) is 0. The average Bonchev–Trinajstić information content (AvgIpc) is 2.93. The lowest BCUT2D eigenvalue weighted by molar-refractivity contribution is 0.0318. The molecule has 1 saturated heterocycles. The predicted molar refractivity (Wildman–Crippen MR) is 70.5 cm³/mol. The van der Waals surface area contributed by atoms with Crippen LogP contribution in [0.1, 0.15) is 30.9 Å². The molecule has 1 aliphatic carbocycles. The molecule has 1 aromatic rings. The highest BCUT2D eigenvalue weighted by Gasteiger charge is 2.37. The van der Waals surface area contributed by atoms with Gasteiger partial charge in [0.05, 0.1) is 6.10 Å². The zero-order valence-electron chi connectivity index (χ0n) is 10.9. The SMILES string of the molecule is CC1OCCC1NCC1(O)CCc2ccccc21. The van der Waals surface area contributed by atoms with Crippen LogP contribution in [0.25, 0.3) is 0 Å². The molecule has 1 aromatic carbocycles. The number of fused-ring (bicyclic) bond motifs is 1. The van der Waals surface area contributed by atoms with Gasteiger partial charge >= 0.3 is 0 Å². The summed E-state index contributed by atoms with van der Waals surface area (Å²) in [6.07, 6.45) is 3.09. The summed E-state index contributed by atoms with van der Waals surface area (Å²) >= 11 is 0. The van der Waals surface area contributed by atoms with Gasteiger partial charge < -0.3 is 15.2 Å². The predicted octanol–water partition coefficient (Wildman–Crippen LogP) is 1.59. The highest BCUT2D eigenvalue weighted by atomic mass is 16.5. The van der Waals surface area contributed by atoms with Gasteiger partial charge in [-0.2, -0.15) is 0 Å². The molecule has 18 heavy (non-hydrogen) atoms. The van der Waals surface area contributed by atoms with Crippen molar-refractivity contribution in [2.45, 2.75) is 43.9 Å². The third-order valence-corrected chi connectivity index (χ3v) is 4.36. The Kier molecular flexibility index (Phi) is 3.14. The van der Waals surface area contributed by atoms with E-state index in [9.17, 15) is 5.11 Å². The largest absolute Gasteiger partial charge is 0.384 e. The standard InChI is InChI=1S/C15H21NO2/c1-11-14(7-9-18-11)16-10-15(17)8-6-12-4-2-3-5-13(12)15/h2-5,11,14,16-17H,6-10H2,1H3. The quantitative estimate of drug-likeness (QED) is 0.852. The maximum absolute atomic E-state index is 10.8. The topological polar surface area (TPSA) is 41.5 Å². The fourth-order valence-electron chi connectivity index (χ4n) is 3.15. The van der Waals surface area contributed by atoms with Crippen molar-refractivity contribution in [3.63, 3.8) is 0 Å². The second kappa shape index (κ2) is 4.65. The Morgan fingerprint density at radius 2 is 2.28 bits per heavy atom. The number of ether oxygens (including phenoxy) is 1. The Hall–Kier alpha value is -0.900. The van der Waals surface area contributed by atoms with E-state index in [1.54, 1.807) is 0 Å². The first-order valence-electron chi connectivity index (χ1n) is 6.85. The first-order valence-corrected chi connectivity index (χ1v) is 6.85. The van der Waals surface area contributed by atoms with E-state index in [0.717, 1.165) is 31.4 Å². The maximum atomic E-state index is 10.8. The molecule has 1 fully saturated rings. The van der Waals surface area contributed by atoms with Crippen molar-refractivity contribution in [3.05, 3.63) is 35.4 Å². The highest BCUT2D eigenvalue weighted by molar-refractivity contribution is 5.37. The van der Waals surface area contributed by atoms with Gasteiger partial charge in [0.2, 0.25) is 0 Å². The Labute approximate surface area is 108 Å². The molecule has 0 bridgehead atoms. The lowest BCUT2D eigenvalue weighted by atomic mass is 9.95. The van der Waals surface area contributed by atoms with Gasteiger partial charge in [0.25, 0.3) is 0 Å². The molecule has 0 spiro atoms. The molecule has 3 unspecified atom stereocenters. The smallest absolute Gasteiger partial charge is 0.103 e. The van der Waals surface area contributed by atoms with Crippen LogP contribution >= 0.6 is 0 Å². The van der Waals surface area contributed by atoms with Gasteiger partial charge in [-0.05, 0) is 37.3 Å². The molecule has 1 aliphatic heterocycles. The van der Waals surface area contributed by atoms with Gasteiger partial charge in [-0.3, -0.25) is 0 Å². The summed E-state index contributed by atoms with van der Waals surface area (Å²) < 4.78 is 5.54. The van der Waals surface area contributed by atoms with E-state index in [1.165, 1.54) is 5.56 Å². The highest BCUT2D eigenvalue weighted by Crippen LogP contribution is 2.36. The molecule has 0 amide bonds. The van der Waals surface area contributed by atoms with Crippen molar-refractivity contribution in [2.24, 2.45) is 0 Å². The van der Waals surface area contributed by atoms with E-state index < -0.39 is 5.60 Å². The van der Waals surface area contributed by atoms with Crippen molar-refractivity contribution >= 4 is 0 Å². The van der Waals surface area contributed by atoms with E-state index in [0.29, 0.717) is 12.6 Å². The molecule has 3 nitrogen and oxygen atoms in total. The van der Waals surface area contributed by atoms with Crippen LogP contribution in [0.5, 0.6) is 0 Å². The summed E-state index contributed by atoms with van der Waals surface area (Å²) in [4.78, 5) is 0. The van der Waals surface area contributed by atoms with Crippen molar-refractivity contribution in [1.82, 2.24) is 5.32 Å². The number of hydrogen-bond donors (Lipinski definition) is 2. The molecular weight excluding hydrogens is 226 g/mol. The monoisotopic (exact) mass is 247 g/mol. The molecular formula is C15H21NO2. The van der Waals surface area contributed by atoms with E-state index >= 15 is 0 Å². The van der Waals surface area contributed by atoms with Gasteiger partial charge in [0, 0.05) is 19.2 Å². The van der Waals surface area contributed by atoms with Crippen molar-refractivity contribution in [3.8, 4) is 0 Å². The van der Waals surface area contributed by atoms with E-state index in [2.05, 4.69) is 24.4 Å². The van der Waals surface area contributed by atoms with Crippen molar-refractivity contribution < 1.29 is 9.84 Å². The van der Waals surface area contributed by atoms with Gasteiger partial charge in [0.15, 0.2) is 0 Å². The summed E-state index contributed by atoms with van der Waals surface area (Å²) in [5, 5.41) is 14.3. The van der Waals surface area contributed by atoms with Crippen LogP contribution in [-0.4, -0.2) is 30.4 Å². The molecule has 2 N–H and O–H groups in total. The fourth-order valence-corrected chi connectivity index (χ4v) is 3.15. The fraction of sp³-hybridized carbons (Fsp3) is 0.600. The maximum Gasteiger partial charge on any atom is 0.103 e. The molecule has 2 aliphatic rings. The number of aryl methyl sites for hydroxylation is 1. The van der Waals surface area contributed by atoms with Gasteiger partial charge in [-0.15, -0.1) is 0 Å². The second-order valence-electron chi connectivity index (χ2n) is 5.54. The van der Waals surface area contributed by atoms with E-state index in [4.69, 9.17) is 4.74 Å². The zero-order valence-corrected chi connectivity index (χ0v) is 10.9. The third kappa shape index (κ3) is 2.07. The number of aliphatic hydroxyl groups is 1. The number of nitrogens with one attached hydrogen (secondary N) is 1. The molecule has 3 heteroatoms. The van der Waals surface area contributed by atoms with Gasteiger partial charge in [-0.25, -0.2) is 0 Å². The lowest BCUT2D eigenvalue weighted by Gasteiger charge is -2.27. The lowest BCUT2D eigenvalue weighted by Crippen LogP contribution is -2.43. The molecule has 1 heterocycles. The Bertz CT molecular complexity index is 434. The van der Waals surface area contributed by atoms with Crippen LogP contribution in [0.3, 0.4) is 0 Å². The minimum Gasteiger partial charge on any atom is -0.384 e. The first-order chi connectivity index (χ1) is 8.69. The summed E-state index contributed by atoms with van der Waals surface area (Å²) in [6, 6.07) is 8.61. The van der Waals surface area contributed by atoms with Gasteiger partial charge in [0.1, 0.15) is 5.60 Å². The second-order valence-corrected chi connectivity index (χ2v) is 5.54. The van der Waals surface area contributed by atoms with Crippen LogP contribution in [0.4, 0.5) is 0 Å². The Morgan fingerprint density at radius 1 is 1.44 bits per heavy atom. The molecule has 0 radical (unpaired) electrons. The van der Waals surface area contributed by atoms with Crippen LogP contribution in [0.2, 0.25) is 0 Å². The average molecular weight is 247 g/mol. The molecule has 0 aromatic heterocycles. The van der Waals surface area contributed by atoms with Crippen LogP contribution in [-0.2, 0) is 16.8 Å². The summed E-state index contributed by atoms with van der Waals surface area (Å²) in [6.45, 7) is 3.55. The first kappa shape index (κ1) is 12.2.